The molecule has 0 amide bonds. The number of aromatic amines is 1. The standard InChI is InChI=1S/C12H14N4/c1-8(2)7-11-14-12-13-9-5-3-4-6-10(9)16(12)15-11/h3-6,8H,7H2,1-2H3,(H,13,14,15). The van der Waals surface area contributed by atoms with E-state index in [0.29, 0.717) is 5.92 Å². The van der Waals surface area contributed by atoms with Crippen LogP contribution in [0.3, 0.4) is 0 Å². The Balaban J connectivity index is 2.18. The van der Waals surface area contributed by atoms with E-state index in [1.54, 1.807) is 0 Å². The van der Waals surface area contributed by atoms with Crippen molar-refractivity contribution in [2.45, 2.75) is 20.3 Å². The van der Waals surface area contributed by atoms with Gasteiger partial charge in [0.25, 0.3) is 5.78 Å². The Morgan fingerprint density at radius 1 is 1.25 bits per heavy atom. The first-order valence-electron chi connectivity index (χ1n) is 5.56. The van der Waals surface area contributed by atoms with Crippen LogP contribution in [-0.4, -0.2) is 19.6 Å². The molecule has 82 valence electrons. The highest BCUT2D eigenvalue weighted by Gasteiger charge is 2.09. The van der Waals surface area contributed by atoms with Crippen LogP contribution in [0.25, 0.3) is 16.8 Å². The van der Waals surface area contributed by atoms with E-state index in [-0.39, 0.29) is 0 Å². The number of nitrogens with zero attached hydrogens (tertiary/aromatic N) is 3. The SMILES string of the molecule is CC(C)Cc1nc2nc3ccccc3n2[nH]1. The van der Waals surface area contributed by atoms with Crippen molar-refractivity contribution >= 4 is 16.8 Å². The first kappa shape index (κ1) is 9.39. The molecule has 1 N–H and O–H groups in total. The van der Waals surface area contributed by atoms with E-state index in [9.17, 15) is 0 Å². The van der Waals surface area contributed by atoms with Crippen molar-refractivity contribution < 1.29 is 0 Å². The van der Waals surface area contributed by atoms with E-state index in [1.807, 2.05) is 28.8 Å². The van der Waals surface area contributed by atoms with Crippen molar-refractivity contribution in [3.05, 3.63) is 30.1 Å². The molecule has 0 aliphatic rings. The number of benzene rings is 1. The van der Waals surface area contributed by atoms with Gasteiger partial charge in [0.15, 0.2) is 0 Å². The van der Waals surface area contributed by atoms with Crippen LogP contribution in [0.1, 0.15) is 19.7 Å². The molecule has 0 unspecified atom stereocenters. The molecule has 0 atom stereocenters. The van der Waals surface area contributed by atoms with Crippen LogP contribution in [0.15, 0.2) is 24.3 Å². The second-order valence-electron chi connectivity index (χ2n) is 4.50. The number of fused-ring (bicyclic) bond motifs is 3. The van der Waals surface area contributed by atoms with Gasteiger partial charge in [-0.15, -0.1) is 0 Å². The lowest BCUT2D eigenvalue weighted by molar-refractivity contribution is 0.621. The van der Waals surface area contributed by atoms with Crippen molar-refractivity contribution in [1.29, 1.82) is 0 Å². The summed E-state index contributed by atoms with van der Waals surface area (Å²) in [6.45, 7) is 4.37. The maximum Gasteiger partial charge on any atom is 0.251 e. The monoisotopic (exact) mass is 214 g/mol. The van der Waals surface area contributed by atoms with Crippen LogP contribution in [0.5, 0.6) is 0 Å². The Hall–Kier alpha value is -1.84. The molecule has 0 aliphatic carbocycles. The lowest BCUT2D eigenvalue weighted by Crippen LogP contribution is -1.97. The van der Waals surface area contributed by atoms with Gasteiger partial charge in [0.1, 0.15) is 5.82 Å². The smallest absolute Gasteiger partial charge is 0.251 e. The summed E-state index contributed by atoms with van der Waals surface area (Å²) in [5, 5.41) is 3.29. The minimum absolute atomic E-state index is 0.599. The predicted octanol–water partition coefficient (Wildman–Crippen LogP) is 2.41. The van der Waals surface area contributed by atoms with Gasteiger partial charge in [-0.1, -0.05) is 26.0 Å². The number of imidazole rings is 1. The summed E-state index contributed by atoms with van der Waals surface area (Å²) >= 11 is 0. The van der Waals surface area contributed by atoms with Gasteiger partial charge in [-0.25, -0.2) is 9.50 Å². The van der Waals surface area contributed by atoms with Crippen molar-refractivity contribution in [3.63, 3.8) is 0 Å². The molecule has 0 radical (unpaired) electrons. The summed E-state index contributed by atoms with van der Waals surface area (Å²) < 4.78 is 1.95. The molecule has 4 nitrogen and oxygen atoms in total. The fourth-order valence-electron chi connectivity index (χ4n) is 1.95. The summed E-state index contributed by atoms with van der Waals surface area (Å²) in [6, 6.07) is 8.05. The summed E-state index contributed by atoms with van der Waals surface area (Å²) in [5.74, 6) is 2.36. The van der Waals surface area contributed by atoms with Crippen molar-refractivity contribution in [2.24, 2.45) is 5.92 Å². The molecule has 2 heterocycles. The number of para-hydroxylation sites is 2. The average molecular weight is 214 g/mol. The summed E-state index contributed by atoms with van der Waals surface area (Å²) in [4.78, 5) is 8.95. The van der Waals surface area contributed by atoms with Gasteiger partial charge >= 0.3 is 0 Å². The van der Waals surface area contributed by atoms with E-state index in [2.05, 4.69) is 28.9 Å². The van der Waals surface area contributed by atoms with Crippen molar-refractivity contribution in [3.8, 4) is 0 Å². The molecule has 0 fully saturated rings. The van der Waals surface area contributed by atoms with E-state index >= 15 is 0 Å². The second kappa shape index (κ2) is 3.33. The Kier molecular flexibility index (Phi) is 1.96. The highest BCUT2D eigenvalue weighted by atomic mass is 15.3. The minimum Gasteiger partial charge on any atom is -0.278 e. The normalized spacial score (nSPS) is 11.9. The van der Waals surface area contributed by atoms with Crippen molar-refractivity contribution in [2.75, 3.05) is 0 Å². The van der Waals surface area contributed by atoms with Crippen LogP contribution in [-0.2, 0) is 6.42 Å². The van der Waals surface area contributed by atoms with Gasteiger partial charge < -0.3 is 0 Å². The third-order valence-electron chi connectivity index (χ3n) is 2.62. The maximum atomic E-state index is 4.49. The third kappa shape index (κ3) is 1.38. The van der Waals surface area contributed by atoms with E-state index < -0.39 is 0 Å². The number of hydrogen-bond acceptors (Lipinski definition) is 2. The molecule has 3 aromatic rings. The quantitative estimate of drug-likeness (QED) is 0.712. The molecule has 16 heavy (non-hydrogen) atoms. The van der Waals surface area contributed by atoms with E-state index in [1.165, 1.54) is 0 Å². The lowest BCUT2D eigenvalue weighted by atomic mass is 10.1. The number of hydrogen-bond donors (Lipinski definition) is 1. The molecule has 2 aromatic heterocycles. The number of H-pyrrole nitrogens is 1. The molecular weight excluding hydrogens is 200 g/mol. The fourth-order valence-corrected chi connectivity index (χ4v) is 1.95. The molecular formula is C12H14N4. The second-order valence-corrected chi connectivity index (χ2v) is 4.50. The molecule has 0 bridgehead atoms. The number of aromatic nitrogens is 4. The van der Waals surface area contributed by atoms with Crippen LogP contribution in [0.2, 0.25) is 0 Å². The highest BCUT2D eigenvalue weighted by molar-refractivity contribution is 5.78. The molecule has 0 aliphatic heterocycles. The maximum absolute atomic E-state index is 4.49. The Labute approximate surface area is 93.3 Å². The zero-order valence-electron chi connectivity index (χ0n) is 9.44. The first-order chi connectivity index (χ1) is 7.74. The van der Waals surface area contributed by atoms with Crippen LogP contribution in [0, 0.1) is 5.92 Å². The van der Waals surface area contributed by atoms with Crippen LogP contribution in [0.4, 0.5) is 0 Å². The molecule has 0 saturated heterocycles. The number of rotatable bonds is 2. The fraction of sp³-hybridized carbons (Fsp3) is 0.333. The molecule has 0 saturated carbocycles. The van der Waals surface area contributed by atoms with E-state index in [0.717, 1.165) is 29.1 Å². The molecule has 1 aromatic carbocycles. The first-order valence-corrected chi connectivity index (χ1v) is 5.56. The highest BCUT2D eigenvalue weighted by Crippen LogP contribution is 2.15. The Morgan fingerprint density at radius 3 is 2.88 bits per heavy atom. The van der Waals surface area contributed by atoms with Gasteiger partial charge in [-0.2, -0.15) is 4.98 Å². The predicted molar refractivity (Wildman–Crippen MR) is 63.4 cm³/mol. The zero-order valence-corrected chi connectivity index (χ0v) is 9.44. The summed E-state index contributed by atoms with van der Waals surface area (Å²) in [5.41, 5.74) is 2.07. The molecule has 4 heteroatoms. The van der Waals surface area contributed by atoms with Gasteiger partial charge in [0, 0.05) is 6.42 Å². The van der Waals surface area contributed by atoms with E-state index in [4.69, 9.17) is 0 Å². The van der Waals surface area contributed by atoms with Crippen molar-refractivity contribution in [1.82, 2.24) is 19.6 Å². The molecule has 3 rings (SSSR count). The van der Waals surface area contributed by atoms with Gasteiger partial charge in [-0.3, -0.25) is 5.10 Å². The minimum atomic E-state index is 0.599. The Bertz CT molecular complexity index is 633. The van der Waals surface area contributed by atoms with Crippen LogP contribution < -0.4 is 0 Å². The van der Waals surface area contributed by atoms with Gasteiger partial charge in [-0.05, 0) is 18.1 Å². The zero-order chi connectivity index (χ0) is 11.1. The molecule has 0 spiro atoms. The Morgan fingerprint density at radius 2 is 2.06 bits per heavy atom. The lowest BCUT2D eigenvalue weighted by Gasteiger charge is -1.98. The number of nitrogens with one attached hydrogen (secondary N) is 1. The largest absolute Gasteiger partial charge is 0.278 e. The topological polar surface area (TPSA) is 46.0 Å². The summed E-state index contributed by atoms with van der Waals surface area (Å²) in [7, 11) is 0. The van der Waals surface area contributed by atoms with Gasteiger partial charge in [0.2, 0.25) is 0 Å². The van der Waals surface area contributed by atoms with Crippen LogP contribution >= 0.6 is 0 Å². The average Bonchev–Trinajstić information content (AvgIpc) is 2.73. The third-order valence-corrected chi connectivity index (χ3v) is 2.62. The van der Waals surface area contributed by atoms with Gasteiger partial charge in [0.05, 0.1) is 11.0 Å². The summed E-state index contributed by atoms with van der Waals surface area (Å²) in [6.07, 6.45) is 0.956.